The van der Waals surface area contributed by atoms with Gasteiger partial charge in [0.05, 0.1) is 16.9 Å². The molecule has 0 spiro atoms. The highest BCUT2D eigenvalue weighted by molar-refractivity contribution is 5.99. The topological polar surface area (TPSA) is 15.6 Å². The molecule has 158 valence electrons. The molecule has 0 radical (unpaired) electrons. The standard InChI is InChI=1S/C30H28N2/c1-22-11-15-26(16-12-22)30(27-9-5-7-24(3)19-27)21-31-32(28-17-13-23(2)14-18-28)29-10-6-8-25(4)20-29/h5-20H,1-4H3. The van der Waals surface area contributed by atoms with Crippen LogP contribution in [0.1, 0.15) is 33.4 Å². The van der Waals surface area contributed by atoms with Gasteiger partial charge in [0, 0.05) is 5.87 Å². The molecule has 32 heavy (non-hydrogen) atoms. The van der Waals surface area contributed by atoms with Crippen LogP contribution in [-0.2, 0) is 0 Å². The Balaban J connectivity index is 1.90. The summed E-state index contributed by atoms with van der Waals surface area (Å²) in [6.07, 6.45) is 0. The first-order valence-corrected chi connectivity index (χ1v) is 10.9. The molecule has 2 heteroatoms. The Morgan fingerprint density at radius 2 is 1.16 bits per heavy atom. The minimum absolute atomic E-state index is 0.971. The van der Waals surface area contributed by atoms with Crippen LogP contribution in [0.2, 0.25) is 0 Å². The van der Waals surface area contributed by atoms with Gasteiger partial charge in [0.25, 0.3) is 0 Å². The third-order valence-corrected chi connectivity index (χ3v) is 5.43. The average molecular weight is 417 g/mol. The summed E-state index contributed by atoms with van der Waals surface area (Å²) in [6.45, 7) is 8.40. The van der Waals surface area contributed by atoms with Crippen LogP contribution in [0.15, 0.2) is 102 Å². The van der Waals surface area contributed by atoms with Crippen LogP contribution < -0.4 is 5.01 Å². The van der Waals surface area contributed by atoms with E-state index in [1.54, 1.807) is 0 Å². The van der Waals surface area contributed by atoms with Gasteiger partial charge in [-0.05, 0) is 68.7 Å². The molecule has 2 nitrogen and oxygen atoms in total. The van der Waals surface area contributed by atoms with Crippen molar-refractivity contribution in [1.29, 1.82) is 0 Å². The van der Waals surface area contributed by atoms with E-state index in [1.165, 1.54) is 22.3 Å². The molecule has 0 saturated heterocycles. The van der Waals surface area contributed by atoms with Crippen molar-refractivity contribution >= 4 is 22.8 Å². The Bertz CT molecular complexity index is 1280. The molecule has 0 amide bonds. The van der Waals surface area contributed by atoms with Gasteiger partial charge in [-0.2, -0.15) is 0 Å². The van der Waals surface area contributed by atoms with E-state index >= 15 is 0 Å². The zero-order valence-electron chi connectivity index (χ0n) is 19.1. The van der Waals surface area contributed by atoms with Crippen LogP contribution in [0, 0.1) is 27.7 Å². The molecule has 0 bridgehead atoms. The second kappa shape index (κ2) is 9.51. The van der Waals surface area contributed by atoms with Crippen molar-refractivity contribution in [2.75, 3.05) is 5.01 Å². The molecule has 0 saturated carbocycles. The van der Waals surface area contributed by atoms with Gasteiger partial charge in [-0.15, -0.1) is 5.10 Å². The number of aryl methyl sites for hydroxylation is 4. The zero-order valence-corrected chi connectivity index (χ0v) is 19.1. The minimum atomic E-state index is 0.971. The lowest BCUT2D eigenvalue weighted by Gasteiger charge is -2.19. The van der Waals surface area contributed by atoms with E-state index in [9.17, 15) is 0 Å². The highest BCUT2D eigenvalue weighted by Crippen LogP contribution is 2.28. The van der Waals surface area contributed by atoms with Crippen molar-refractivity contribution in [3.63, 3.8) is 0 Å². The third-order valence-electron chi connectivity index (χ3n) is 5.43. The first-order valence-electron chi connectivity index (χ1n) is 10.9. The predicted octanol–water partition coefficient (Wildman–Crippen LogP) is 7.77. The maximum absolute atomic E-state index is 4.89. The first kappa shape index (κ1) is 21.4. The number of hydrazone groups is 1. The molecule has 0 aliphatic carbocycles. The number of nitrogens with zero attached hydrogens (tertiary/aromatic N) is 2. The highest BCUT2D eigenvalue weighted by atomic mass is 15.4. The highest BCUT2D eigenvalue weighted by Gasteiger charge is 2.10. The van der Waals surface area contributed by atoms with Gasteiger partial charge in [-0.3, -0.25) is 0 Å². The Morgan fingerprint density at radius 3 is 1.78 bits per heavy atom. The fourth-order valence-corrected chi connectivity index (χ4v) is 3.63. The summed E-state index contributed by atoms with van der Waals surface area (Å²) in [5.41, 5.74) is 10.0. The molecular formula is C30H28N2. The normalized spacial score (nSPS) is 10.4. The quantitative estimate of drug-likeness (QED) is 0.240. The lowest BCUT2D eigenvalue weighted by Crippen LogP contribution is -2.09. The largest absolute Gasteiger partial charge is 0.226 e. The molecule has 0 aliphatic heterocycles. The Labute approximate surface area is 191 Å². The van der Waals surface area contributed by atoms with Crippen LogP contribution in [0.4, 0.5) is 11.4 Å². The smallest absolute Gasteiger partial charge is 0.0662 e. The van der Waals surface area contributed by atoms with E-state index in [-0.39, 0.29) is 0 Å². The van der Waals surface area contributed by atoms with Crippen molar-refractivity contribution in [3.05, 3.63) is 130 Å². The summed E-state index contributed by atoms with van der Waals surface area (Å²) in [5, 5.41) is 6.84. The van der Waals surface area contributed by atoms with Crippen molar-refractivity contribution in [3.8, 4) is 0 Å². The second-order valence-corrected chi connectivity index (χ2v) is 8.31. The first-order chi connectivity index (χ1) is 15.5. The SMILES string of the molecule is Cc1ccc(C(=C=NN(c2ccc(C)cc2)c2cccc(C)c2)c2cccc(C)c2)cc1. The Hall–Kier alpha value is -3.87. The summed E-state index contributed by atoms with van der Waals surface area (Å²) in [4.78, 5) is 0. The van der Waals surface area contributed by atoms with Gasteiger partial charge in [0.1, 0.15) is 0 Å². The van der Waals surface area contributed by atoms with Gasteiger partial charge in [-0.1, -0.05) is 89.5 Å². The molecule has 0 heterocycles. The van der Waals surface area contributed by atoms with Crippen LogP contribution in [0.25, 0.3) is 5.57 Å². The molecule has 0 aliphatic rings. The second-order valence-electron chi connectivity index (χ2n) is 8.31. The van der Waals surface area contributed by atoms with Crippen molar-refractivity contribution in [2.45, 2.75) is 27.7 Å². The summed E-state index contributed by atoms with van der Waals surface area (Å²) in [7, 11) is 0. The summed E-state index contributed by atoms with van der Waals surface area (Å²) in [6, 6.07) is 33.8. The van der Waals surface area contributed by atoms with E-state index in [0.29, 0.717) is 0 Å². The average Bonchev–Trinajstić information content (AvgIpc) is 2.78. The number of benzene rings is 4. The van der Waals surface area contributed by atoms with E-state index < -0.39 is 0 Å². The zero-order chi connectivity index (χ0) is 22.5. The van der Waals surface area contributed by atoms with Gasteiger partial charge in [-0.25, -0.2) is 5.01 Å². The summed E-state index contributed by atoms with van der Waals surface area (Å²) >= 11 is 0. The van der Waals surface area contributed by atoms with E-state index in [0.717, 1.165) is 28.1 Å². The van der Waals surface area contributed by atoms with Crippen LogP contribution in [0.3, 0.4) is 0 Å². The van der Waals surface area contributed by atoms with Crippen LogP contribution in [0.5, 0.6) is 0 Å². The molecule has 0 atom stereocenters. The molecule has 0 fully saturated rings. The Kier molecular flexibility index (Phi) is 6.35. The van der Waals surface area contributed by atoms with Crippen molar-refractivity contribution < 1.29 is 0 Å². The monoisotopic (exact) mass is 416 g/mol. The van der Waals surface area contributed by atoms with Crippen molar-refractivity contribution in [2.24, 2.45) is 5.10 Å². The summed E-state index contributed by atoms with van der Waals surface area (Å²) < 4.78 is 0. The number of rotatable bonds is 5. The van der Waals surface area contributed by atoms with Gasteiger partial charge < -0.3 is 0 Å². The van der Waals surface area contributed by atoms with Crippen LogP contribution in [-0.4, -0.2) is 5.87 Å². The minimum Gasteiger partial charge on any atom is -0.226 e. The number of hydrogen-bond acceptors (Lipinski definition) is 2. The number of anilines is 2. The third kappa shape index (κ3) is 5.06. The van der Waals surface area contributed by atoms with Crippen LogP contribution >= 0.6 is 0 Å². The lowest BCUT2D eigenvalue weighted by atomic mass is 9.97. The van der Waals surface area contributed by atoms with E-state index in [4.69, 9.17) is 5.10 Å². The van der Waals surface area contributed by atoms with Gasteiger partial charge in [0.15, 0.2) is 0 Å². The molecule has 0 aromatic heterocycles. The maximum Gasteiger partial charge on any atom is 0.0662 e. The fraction of sp³-hybridized carbons (Fsp3) is 0.133. The Morgan fingerprint density at radius 1 is 0.562 bits per heavy atom. The van der Waals surface area contributed by atoms with Crippen molar-refractivity contribution in [1.82, 2.24) is 0 Å². The summed E-state index contributed by atoms with van der Waals surface area (Å²) in [5.74, 6) is 3.40. The van der Waals surface area contributed by atoms with E-state index in [1.807, 2.05) is 5.01 Å². The fourth-order valence-electron chi connectivity index (χ4n) is 3.63. The molecule has 0 N–H and O–H groups in total. The molecule has 4 aromatic rings. The molecule has 4 aromatic carbocycles. The van der Waals surface area contributed by atoms with E-state index in [2.05, 4.69) is 131 Å². The molecule has 4 rings (SSSR count). The molecule has 0 unspecified atom stereocenters. The molecular weight excluding hydrogens is 388 g/mol. The lowest BCUT2D eigenvalue weighted by molar-refractivity contribution is 1.09. The predicted molar refractivity (Wildman–Crippen MR) is 137 cm³/mol. The van der Waals surface area contributed by atoms with Gasteiger partial charge in [0.2, 0.25) is 0 Å². The van der Waals surface area contributed by atoms with Gasteiger partial charge >= 0.3 is 0 Å². The maximum atomic E-state index is 4.89. The number of hydrogen-bond donors (Lipinski definition) is 0.